The second kappa shape index (κ2) is 4.92. The fraction of sp³-hybridized carbons (Fsp3) is 0.214. The number of allylic oxidation sites excluding steroid dienone is 1. The van der Waals surface area contributed by atoms with Crippen LogP contribution < -0.4 is 5.73 Å². The molecule has 0 spiro atoms. The van der Waals surface area contributed by atoms with Crippen LogP contribution in [0.25, 0.3) is 0 Å². The highest BCUT2D eigenvalue weighted by atomic mass is 32.2. The van der Waals surface area contributed by atoms with Gasteiger partial charge in [0.25, 0.3) is 0 Å². The Labute approximate surface area is 125 Å². The van der Waals surface area contributed by atoms with E-state index in [2.05, 4.69) is 4.99 Å². The quantitative estimate of drug-likeness (QED) is 0.856. The van der Waals surface area contributed by atoms with Gasteiger partial charge in [-0.05, 0) is 24.6 Å². The first kappa shape index (κ1) is 13.7. The maximum Gasteiger partial charge on any atom is 0.248 e. The van der Waals surface area contributed by atoms with Crippen molar-refractivity contribution in [3.8, 4) is 5.75 Å². The third kappa shape index (κ3) is 2.19. The molecule has 2 heterocycles. The number of aliphatic imine (C=N–C) groups is 1. The van der Waals surface area contributed by atoms with E-state index in [1.54, 1.807) is 19.1 Å². The minimum Gasteiger partial charge on any atom is -0.508 e. The molecule has 2 amide bonds. The summed E-state index contributed by atoms with van der Waals surface area (Å²) in [7, 11) is 0. The number of aromatic hydroxyl groups is 1. The molecule has 1 aromatic carbocycles. The predicted molar refractivity (Wildman–Crippen MR) is 79.5 cm³/mol. The smallest absolute Gasteiger partial charge is 0.248 e. The lowest BCUT2D eigenvalue weighted by molar-refractivity contribution is -0.125. The molecule has 0 aromatic heterocycles. The molecule has 0 saturated carbocycles. The molecule has 6 nitrogen and oxygen atoms in total. The molecule has 7 heteroatoms. The van der Waals surface area contributed by atoms with E-state index in [4.69, 9.17) is 5.73 Å². The van der Waals surface area contributed by atoms with Crippen LogP contribution in [0.15, 0.2) is 40.5 Å². The highest BCUT2D eigenvalue weighted by Gasteiger charge is 2.42. The van der Waals surface area contributed by atoms with Crippen LogP contribution in [0.2, 0.25) is 0 Å². The monoisotopic (exact) mass is 303 g/mol. The molecule has 1 aromatic rings. The fourth-order valence-electron chi connectivity index (χ4n) is 2.53. The first-order chi connectivity index (χ1) is 9.99. The predicted octanol–water partition coefficient (Wildman–Crippen LogP) is 1.14. The van der Waals surface area contributed by atoms with Gasteiger partial charge in [0.05, 0.1) is 23.1 Å². The van der Waals surface area contributed by atoms with Gasteiger partial charge in [-0.15, -0.1) is 0 Å². The Bertz CT molecular complexity index is 694. The minimum absolute atomic E-state index is 0.108. The second-order valence-corrected chi connectivity index (χ2v) is 5.75. The summed E-state index contributed by atoms with van der Waals surface area (Å²) in [5.41, 5.74) is 7.02. The van der Waals surface area contributed by atoms with Crippen LogP contribution >= 0.6 is 11.8 Å². The summed E-state index contributed by atoms with van der Waals surface area (Å²) in [4.78, 5) is 29.8. The number of benzene rings is 1. The molecule has 3 rings (SSSR count). The standard InChI is InChI=1S/C14H13N3O3S/c1-7-11(13(15)20)12(8-2-4-9(18)5-3-8)17-10(19)6-21-14(17)16-7/h2-5,12,18H,6H2,1H3,(H2,15,20)/t12-/m1/s1. The molecule has 1 fully saturated rings. The van der Waals surface area contributed by atoms with Crippen molar-refractivity contribution in [2.45, 2.75) is 13.0 Å². The molecule has 2 aliphatic rings. The van der Waals surface area contributed by atoms with Gasteiger partial charge in [0.15, 0.2) is 5.17 Å². The summed E-state index contributed by atoms with van der Waals surface area (Å²) in [5, 5.41) is 9.99. The summed E-state index contributed by atoms with van der Waals surface area (Å²) in [6.45, 7) is 1.71. The summed E-state index contributed by atoms with van der Waals surface area (Å²) in [6, 6.07) is 5.80. The van der Waals surface area contributed by atoms with Gasteiger partial charge in [-0.25, -0.2) is 4.99 Å². The number of phenolic OH excluding ortho intramolecular Hbond substituents is 1. The van der Waals surface area contributed by atoms with Crippen LogP contribution in [0, 0.1) is 0 Å². The van der Waals surface area contributed by atoms with E-state index in [-0.39, 0.29) is 11.7 Å². The number of rotatable bonds is 2. The number of phenols is 1. The molecule has 108 valence electrons. The molecule has 21 heavy (non-hydrogen) atoms. The lowest BCUT2D eigenvalue weighted by Gasteiger charge is -2.32. The molecule has 1 saturated heterocycles. The SMILES string of the molecule is CC1=C(C(N)=O)[C@@H](c2ccc(O)cc2)N2C(=O)CSC2=N1. The first-order valence-electron chi connectivity index (χ1n) is 6.32. The Morgan fingerprint density at radius 1 is 1.43 bits per heavy atom. The fourth-order valence-corrected chi connectivity index (χ4v) is 3.47. The highest BCUT2D eigenvalue weighted by molar-refractivity contribution is 8.15. The number of amidine groups is 1. The number of carbonyl (C=O) groups excluding carboxylic acids is 2. The van der Waals surface area contributed by atoms with Crippen molar-refractivity contribution in [3.63, 3.8) is 0 Å². The van der Waals surface area contributed by atoms with Gasteiger partial charge in [-0.3, -0.25) is 14.5 Å². The van der Waals surface area contributed by atoms with Crippen LogP contribution in [-0.4, -0.2) is 32.7 Å². The molecule has 2 aliphatic heterocycles. The van der Waals surface area contributed by atoms with E-state index in [0.29, 0.717) is 27.8 Å². The number of carbonyl (C=O) groups is 2. The zero-order valence-corrected chi connectivity index (χ0v) is 12.1. The largest absolute Gasteiger partial charge is 0.508 e. The molecule has 0 aliphatic carbocycles. The lowest BCUT2D eigenvalue weighted by atomic mass is 9.94. The third-order valence-electron chi connectivity index (χ3n) is 3.46. The molecule has 0 unspecified atom stereocenters. The minimum atomic E-state index is -0.599. The maximum atomic E-state index is 12.1. The van der Waals surface area contributed by atoms with Crippen LogP contribution in [0.3, 0.4) is 0 Å². The van der Waals surface area contributed by atoms with E-state index in [0.717, 1.165) is 0 Å². The topological polar surface area (TPSA) is 96.0 Å². The van der Waals surface area contributed by atoms with Gasteiger partial charge in [0.2, 0.25) is 11.8 Å². The normalized spacial score (nSPS) is 21.4. The molecular weight excluding hydrogens is 290 g/mol. The van der Waals surface area contributed by atoms with Gasteiger partial charge < -0.3 is 10.8 Å². The van der Waals surface area contributed by atoms with Crippen LogP contribution in [0.4, 0.5) is 0 Å². The van der Waals surface area contributed by atoms with Crippen molar-refractivity contribution in [3.05, 3.63) is 41.1 Å². The number of nitrogens with two attached hydrogens (primary N) is 1. The van der Waals surface area contributed by atoms with Crippen molar-refractivity contribution in [2.75, 3.05) is 5.75 Å². The Hall–Kier alpha value is -2.28. The van der Waals surface area contributed by atoms with Gasteiger partial charge in [0, 0.05) is 0 Å². The van der Waals surface area contributed by atoms with E-state index in [1.165, 1.54) is 28.8 Å². The van der Waals surface area contributed by atoms with Crippen LogP contribution in [-0.2, 0) is 9.59 Å². The average Bonchev–Trinajstić information content (AvgIpc) is 2.79. The Morgan fingerprint density at radius 3 is 2.71 bits per heavy atom. The average molecular weight is 303 g/mol. The van der Waals surface area contributed by atoms with E-state index in [9.17, 15) is 14.7 Å². The number of amides is 2. The number of nitrogens with zero attached hydrogens (tertiary/aromatic N) is 2. The molecule has 0 bridgehead atoms. The van der Waals surface area contributed by atoms with E-state index in [1.807, 2.05) is 0 Å². The van der Waals surface area contributed by atoms with Crippen molar-refractivity contribution >= 4 is 28.7 Å². The summed E-state index contributed by atoms with van der Waals surface area (Å²) in [6.07, 6.45) is 0. The van der Waals surface area contributed by atoms with Crippen molar-refractivity contribution < 1.29 is 14.7 Å². The summed E-state index contributed by atoms with van der Waals surface area (Å²) < 4.78 is 0. The molecular formula is C14H13N3O3S. The van der Waals surface area contributed by atoms with Gasteiger partial charge in [-0.2, -0.15) is 0 Å². The second-order valence-electron chi connectivity index (χ2n) is 4.80. The molecule has 1 atom stereocenters. The van der Waals surface area contributed by atoms with Crippen LogP contribution in [0.5, 0.6) is 5.75 Å². The Balaban J connectivity index is 2.17. The highest BCUT2D eigenvalue weighted by Crippen LogP contribution is 2.40. The summed E-state index contributed by atoms with van der Waals surface area (Å²) >= 11 is 1.34. The zero-order chi connectivity index (χ0) is 15.1. The maximum absolute atomic E-state index is 12.1. The number of thioether (sulfide) groups is 1. The van der Waals surface area contributed by atoms with Crippen LogP contribution in [0.1, 0.15) is 18.5 Å². The number of primary amides is 1. The van der Waals surface area contributed by atoms with Gasteiger partial charge in [-0.1, -0.05) is 23.9 Å². The number of hydrogen-bond acceptors (Lipinski definition) is 5. The zero-order valence-electron chi connectivity index (χ0n) is 11.2. The van der Waals surface area contributed by atoms with E-state index >= 15 is 0 Å². The first-order valence-corrected chi connectivity index (χ1v) is 7.30. The van der Waals surface area contributed by atoms with Gasteiger partial charge >= 0.3 is 0 Å². The van der Waals surface area contributed by atoms with Crippen molar-refractivity contribution in [1.29, 1.82) is 0 Å². The molecule has 0 radical (unpaired) electrons. The lowest BCUT2D eigenvalue weighted by Crippen LogP contribution is -2.40. The Morgan fingerprint density at radius 2 is 2.10 bits per heavy atom. The van der Waals surface area contributed by atoms with Gasteiger partial charge in [0.1, 0.15) is 5.75 Å². The Kier molecular flexibility index (Phi) is 3.21. The number of fused-ring (bicyclic) bond motifs is 1. The number of hydrogen-bond donors (Lipinski definition) is 2. The van der Waals surface area contributed by atoms with Crippen molar-refractivity contribution in [2.24, 2.45) is 10.7 Å². The summed E-state index contributed by atoms with van der Waals surface area (Å²) in [5.74, 6) is -0.291. The third-order valence-corrected chi connectivity index (χ3v) is 4.40. The molecule has 3 N–H and O–H groups in total. The van der Waals surface area contributed by atoms with E-state index < -0.39 is 11.9 Å². The van der Waals surface area contributed by atoms with Crippen molar-refractivity contribution in [1.82, 2.24) is 4.90 Å².